The van der Waals surface area contributed by atoms with Gasteiger partial charge in [0.1, 0.15) is 9.39 Å². The normalized spacial score (nSPS) is 16.8. The topological polar surface area (TPSA) is 57.8 Å². The fraction of sp³-hybridized carbons (Fsp3) is 0.231. The Morgan fingerprint density at radius 3 is 3.11 bits per heavy atom. The summed E-state index contributed by atoms with van der Waals surface area (Å²) in [5.74, 6) is 1.20. The monoisotopic (exact) mass is 353 g/mol. The third kappa shape index (κ3) is 2.03. The number of anilines is 1. The molecule has 4 nitrogen and oxygen atoms in total. The van der Waals surface area contributed by atoms with Gasteiger partial charge in [0.2, 0.25) is 0 Å². The van der Waals surface area contributed by atoms with Gasteiger partial charge in [-0.25, -0.2) is 4.98 Å². The van der Waals surface area contributed by atoms with Gasteiger partial charge < -0.3 is 10.3 Å². The van der Waals surface area contributed by atoms with Gasteiger partial charge in [-0.05, 0) is 40.1 Å². The molecule has 2 N–H and O–H groups in total. The Hall–Kier alpha value is -1.37. The Balaban J connectivity index is 1.70. The van der Waals surface area contributed by atoms with E-state index in [4.69, 9.17) is 0 Å². The first-order chi connectivity index (χ1) is 8.75. The highest BCUT2D eigenvalue weighted by Crippen LogP contribution is 2.34. The molecule has 1 atom stereocenters. The Kier molecular flexibility index (Phi) is 3.07. The van der Waals surface area contributed by atoms with Crippen molar-refractivity contribution in [3.8, 4) is 0 Å². The molecule has 1 aromatic heterocycles. The molecule has 1 unspecified atom stereocenters. The van der Waals surface area contributed by atoms with E-state index >= 15 is 0 Å². The zero-order valence-electron chi connectivity index (χ0n) is 9.61. The molecule has 0 saturated heterocycles. The van der Waals surface area contributed by atoms with Crippen LogP contribution in [0.1, 0.15) is 17.0 Å². The van der Waals surface area contributed by atoms with E-state index in [-0.39, 0.29) is 5.56 Å². The molecule has 1 aliphatic rings. The minimum Gasteiger partial charge on any atom is -0.368 e. The van der Waals surface area contributed by atoms with Gasteiger partial charge in [0.05, 0.1) is 6.33 Å². The number of hydrogen-bond donors (Lipinski definition) is 2. The molecule has 5 heteroatoms. The zero-order valence-corrected chi connectivity index (χ0v) is 11.8. The van der Waals surface area contributed by atoms with Gasteiger partial charge in [0.15, 0.2) is 0 Å². The molecule has 0 aliphatic heterocycles. The van der Waals surface area contributed by atoms with Crippen LogP contribution in [0.3, 0.4) is 0 Å². The number of rotatable bonds is 3. The Labute approximate surface area is 118 Å². The number of aromatic amines is 1. The summed E-state index contributed by atoms with van der Waals surface area (Å²) in [6.45, 7) is 0.823. The second-order valence-corrected chi connectivity index (χ2v) is 5.45. The van der Waals surface area contributed by atoms with Crippen molar-refractivity contribution in [3.05, 3.63) is 55.6 Å². The minimum absolute atomic E-state index is 0.0953. The molecule has 0 radical (unpaired) electrons. The second kappa shape index (κ2) is 4.72. The molecule has 0 amide bonds. The van der Waals surface area contributed by atoms with Crippen molar-refractivity contribution in [1.29, 1.82) is 0 Å². The maximum atomic E-state index is 11.4. The number of H-pyrrole nitrogens is 1. The number of hydrogen-bond acceptors (Lipinski definition) is 3. The number of nitrogens with one attached hydrogen (secondary N) is 2. The maximum Gasteiger partial charge on any atom is 0.266 e. The van der Waals surface area contributed by atoms with Gasteiger partial charge in [-0.15, -0.1) is 0 Å². The standard InChI is InChI=1S/C13H12IN3O/c14-11-12(16-7-17-13(11)18)15-6-9-5-8-3-1-2-4-10(8)9/h1-4,7,9H,5-6H2,(H2,15,16,17,18). The highest BCUT2D eigenvalue weighted by Gasteiger charge is 2.25. The summed E-state index contributed by atoms with van der Waals surface area (Å²) in [6, 6.07) is 8.48. The van der Waals surface area contributed by atoms with Crippen molar-refractivity contribution in [2.24, 2.45) is 0 Å². The summed E-state index contributed by atoms with van der Waals surface area (Å²) < 4.78 is 0.614. The van der Waals surface area contributed by atoms with Gasteiger partial charge in [0, 0.05) is 12.5 Å². The number of nitrogens with zero attached hydrogens (tertiary/aromatic N) is 1. The van der Waals surface area contributed by atoms with Gasteiger partial charge >= 0.3 is 0 Å². The van der Waals surface area contributed by atoms with Crippen LogP contribution in [0.15, 0.2) is 35.4 Å². The third-order valence-corrected chi connectivity index (χ3v) is 4.27. The summed E-state index contributed by atoms with van der Waals surface area (Å²) in [5, 5.41) is 3.26. The SMILES string of the molecule is O=c1[nH]cnc(NCC2Cc3ccccc32)c1I. The molecular weight excluding hydrogens is 341 g/mol. The highest BCUT2D eigenvalue weighted by atomic mass is 127. The van der Waals surface area contributed by atoms with Crippen LogP contribution in [0.25, 0.3) is 0 Å². The number of benzene rings is 1. The lowest BCUT2D eigenvalue weighted by atomic mass is 9.78. The van der Waals surface area contributed by atoms with Crippen molar-refractivity contribution in [2.45, 2.75) is 12.3 Å². The predicted molar refractivity (Wildman–Crippen MR) is 79.0 cm³/mol. The van der Waals surface area contributed by atoms with E-state index in [0.717, 1.165) is 13.0 Å². The molecule has 0 fully saturated rings. The summed E-state index contributed by atoms with van der Waals surface area (Å²) >= 11 is 2.01. The maximum absolute atomic E-state index is 11.4. The zero-order chi connectivity index (χ0) is 12.5. The lowest BCUT2D eigenvalue weighted by molar-refractivity contribution is 0.634. The van der Waals surface area contributed by atoms with Crippen LogP contribution in [0, 0.1) is 3.57 Å². The first-order valence-corrected chi connectivity index (χ1v) is 6.88. The van der Waals surface area contributed by atoms with Crippen LogP contribution in [-0.4, -0.2) is 16.5 Å². The van der Waals surface area contributed by atoms with Crippen molar-refractivity contribution in [1.82, 2.24) is 9.97 Å². The molecule has 92 valence electrons. The van der Waals surface area contributed by atoms with E-state index in [1.165, 1.54) is 17.5 Å². The van der Waals surface area contributed by atoms with E-state index in [9.17, 15) is 4.79 Å². The Bertz CT molecular complexity index is 638. The Morgan fingerprint density at radius 1 is 1.44 bits per heavy atom. The van der Waals surface area contributed by atoms with Crippen molar-refractivity contribution >= 4 is 28.4 Å². The van der Waals surface area contributed by atoms with E-state index in [2.05, 4.69) is 39.6 Å². The largest absolute Gasteiger partial charge is 0.368 e. The molecule has 0 bridgehead atoms. The van der Waals surface area contributed by atoms with E-state index in [1.54, 1.807) is 0 Å². The number of aromatic nitrogens is 2. The summed E-state index contributed by atoms with van der Waals surface area (Å²) in [7, 11) is 0. The highest BCUT2D eigenvalue weighted by molar-refractivity contribution is 14.1. The molecule has 1 heterocycles. The van der Waals surface area contributed by atoms with Gasteiger partial charge in [-0.1, -0.05) is 24.3 Å². The molecule has 18 heavy (non-hydrogen) atoms. The second-order valence-electron chi connectivity index (χ2n) is 4.38. The first-order valence-electron chi connectivity index (χ1n) is 5.80. The van der Waals surface area contributed by atoms with Gasteiger partial charge in [-0.3, -0.25) is 4.79 Å². The molecule has 1 aliphatic carbocycles. The van der Waals surface area contributed by atoms with E-state index in [1.807, 2.05) is 22.6 Å². The fourth-order valence-electron chi connectivity index (χ4n) is 2.27. The molecule has 1 aromatic carbocycles. The molecule has 3 rings (SSSR count). The molecule has 0 saturated carbocycles. The summed E-state index contributed by atoms with van der Waals surface area (Å²) in [4.78, 5) is 18.1. The van der Waals surface area contributed by atoms with Crippen LogP contribution < -0.4 is 10.9 Å². The molecule has 2 aromatic rings. The fourth-order valence-corrected chi connectivity index (χ4v) is 2.76. The van der Waals surface area contributed by atoms with E-state index in [0.29, 0.717) is 15.3 Å². The van der Waals surface area contributed by atoms with Gasteiger partial charge in [-0.2, -0.15) is 0 Å². The number of halogens is 1. The van der Waals surface area contributed by atoms with Crippen molar-refractivity contribution in [2.75, 3.05) is 11.9 Å². The lowest BCUT2D eigenvalue weighted by Crippen LogP contribution is -2.25. The molecule has 0 spiro atoms. The summed E-state index contributed by atoms with van der Waals surface area (Å²) in [6.07, 6.45) is 2.53. The third-order valence-electron chi connectivity index (χ3n) is 3.27. The van der Waals surface area contributed by atoms with Crippen LogP contribution in [0.5, 0.6) is 0 Å². The average Bonchev–Trinajstić information content (AvgIpc) is 2.35. The van der Waals surface area contributed by atoms with Crippen molar-refractivity contribution < 1.29 is 0 Å². The van der Waals surface area contributed by atoms with E-state index < -0.39 is 0 Å². The minimum atomic E-state index is -0.0953. The summed E-state index contributed by atoms with van der Waals surface area (Å²) in [5.41, 5.74) is 2.74. The van der Waals surface area contributed by atoms with Crippen LogP contribution in [0.4, 0.5) is 5.82 Å². The predicted octanol–water partition coefficient (Wildman–Crippen LogP) is 2.13. The average molecular weight is 353 g/mol. The van der Waals surface area contributed by atoms with Crippen molar-refractivity contribution in [3.63, 3.8) is 0 Å². The van der Waals surface area contributed by atoms with Gasteiger partial charge in [0.25, 0.3) is 5.56 Å². The first kappa shape index (κ1) is 11.7. The number of fused-ring (bicyclic) bond motifs is 1. The van der Waals surface area contributed by atoms with Crippen LogP contribution in [0.2, 0.25) is 0 Å². The van der Waals surface area contributed by atoms with Crippen LogP contribution in [-0.2, 0) is 6.42 Å². The van der Waals surface area contributed by atoms with Crippen LogP contribution >= 0.6 is 22.6 Å². The Morgan fingerprint density at radius 2 is 2.28 bits per heavy atom. The smallest absolute Gasteiger partial charge is 0.266 e. The lowest BCUT2D eigenvalue weighted by Gasteiger charge is -2.30. The molecular formula is C13H12IN3O. The quantitative estimate of drug-likeness (QED) is 0.832.